The molecule has 3 heterocycles. The van der Waals surface area contributed by atoms with Gasteiger partial charge in [0.25, 0.3) is 11.8 Å². The second kappa shape index (κ2) is 7.93. The number of aryl methyl sites for hydroxylation is 2. The first kappa shape index (κ1) is 19.7. The Morgan fingerprint density at radius 1 is 1.18 bits per heavy atom. The summed E-state index contributed by atoms with van der Waals surface area (Å²) in [5.41, 5.74) is 2.18. The second-order valence-electron chi connectivity index (χ2n) is 6.88. The van der Waals surface area contributed by atoms with Gasteiger partial charge >= 0.3 is 0 Å². The number of ether oxygens (including phenoxy) is 1. The van der Waals surface area contributed by atoms with Crippen molar-refractivity contribution in [1.29, 1.82) is 0 Å². The number of carbonyl (C=O) groups excluding carboxylic acids is 2. The molecule has 1 aliphatic rings. The molecule has 28 heavy (non-hydrogen) atoms. The molecule has 1 fully saturated rings. The van der Waals surface area contributed by atoms with Crippen LogP contribution < -0.4 is 10.2 Å². The predicted octanol–water partition coefficient (Wildman–Crippen LogP) is 0.618. The first-order chi connectivity index (χ1) is 13.3. The Morgan fingerprint density at radius 2 is 1.86 bits per heavy atom. The zero-order valence-electron chi connectivity index (χ0n) is 16.8. The van der Waals surface area contributed by atoms with E-state index in [1.165, 1.54) is 4.90 Å². The average Bonchev–Trinajstić information content (AvgIpc) is 2.95. The van der Waals surface area contributed by atoms with Crippen molar-refractivity contribution < 1.29 is 14.3 Å². The van der Waals surface area contributed by atoms with Gasteiger partial charge in [0.15, 0.2) is 5.69 Å². The largest absolute Gasteiger partial charge is 0.378 e. The third-order valence-electron chi connectivity index (χ3n) is 4.55. The minimum absolute atomic E-state index is 0.192. The molecular weight excluding hydrogens is 362 g/mol. The third kappa shape index (κ3) is 3.96. The smallest absolute Gasteiger partial charge is 0.276 e. The average molecular weight is 387 g/mol. The summed E-state index contributed by atoms with van der Waals surface area (Å²) in [6.07, 6.45) is 0. The summed E-state index contributed by atoms with van der Waals surface area (Å²) in [6, 6.07) is 1.62. The van der Waals surface area contributed by atoms with Crippen molar-refractivity contribution in [1.82, 2.24) is 24.6 Å². The summed E-state index contributed by atoms with van der Waals surface area (Å²) in [4.78, 5) is 37.6. The van der Waals surface area contributed by atoms with Gasteiger partial charge in [-0.3, -0.25) is 14.3 Å². The molecule has 0 saturated carbocycles. The van der Waals surface area contributed by atoms with Crippen LogP contribution in [0.3, 0.4) is 0 Å². The number of hydrogen-bond donors (Lipinski definition) is 1. The Kier molecular flexibility index (Phi) is 5.59. The molecule has 2 aromatic heterocycles. The summed E-state index contributed by atoms with van der Waals surface area (Å²) in [5.74, 6) is -0.197. The zero-order chi connectivity index (χ0) is 20.4. The zero-order valence-corrected chi connectivity index (χ0v) is 16.8. The number of aromatic nitrogens is 4. The molecule has 2 amide bonds. The van der Waals surface area contributed by atoms with E-state index in [2.05, 4.69) is 20.4 Å². The summed E-state index contributed by atoms with van der Waals surface area (Å²) in [5, 5.41) is 7.05. The number of hydrogen-bond acceptors (Lipinski definition) is 7. The van der Waals surface area contributed by atoms with Gasteiger partial charge in [-0.2, -0.15) is 5.10 Å². The van der Waals surface area contributed by atoms with Crippen molar-refractivity contribution in [2.45, 2.75) is 13.8 Å². The quantitative estimate of drug-likeness (QED) is 0.820. The Morgan fingerprint density at radius 3 is 2.50 bits per heavy atom. The summed E-state index contributed by atoms with van der Waals surface area (Å²) in [6.45, 7) is 6.16. The van der Waals surface area contributed by atoms with Gasteiger partial charge in [-0.1, -0.05) is 0 Å². The van der Waals surface area contributed by atoms with Crippen molar-refractivity contribution in [3.05, 3.63) is 28.8 Å². The van der Waals surface area contributed by atoms with Gasteiger partial charge < -0.3 is 19.9 Å². The van der Waals surface area contributed by atoms with Crippen LogP contribution in [0.25, 0.3) is 0 Å². The number of nitrogens with zero attached hydrogens (tertiary/aromatic N) is 6. The van der Waals surface area contributed by atoms with Crippen LogP contribution in [0.15, 0.2) is 6.07 Å². The van der Waals surface area contributed by atoms with E-state index in [0.29, 0.717) is 49.3 Å². The summed E-state index contributed by atoms with van der Waals surface area (Å²) >= 11 is 0. The molecule has 10 nitrogen and oxygen atoms in total. The minimum Gasteiger partial charge on any atom is -0.378 e. The van der Waals surface area contributed by atoms with Crippen LogP contribution in [0, 0.1) is 13.8 Å². The van der Waals surface area contributed by atoms with Crippen LogP contribution in [0.5, 0.6) is 0 Å². The molecule has 1 aliphatic heterocycles. The van der Waals surface area contributed by atoms with Crippen molar-refractivity contribution in [3.8, 4) is 0 Å². The van der Waals surface area contributed by atoms with Crippen molar-refractivity contribution in [2.75, 3.05) is 50.6 Å². The van der Waals surface area contributed by atoms with Crippen LogP contribution in [0.2, 0.25) is 0 Å². The highest BCUT2D eigenvalue weighted by molar-refractivity contribution is 6.08. The first-order valence-corrected chi connectivity index (χ1v) is 9.03. The Balaban J connectivity index is 1.90. The third-order valence-corrected chi connectivity index (χ3v) is 4.55. The van der Waals surface area contributed by atoms with Crippen molar-refractivity contribution in [2.24, 2.45) is 7.05 Å². The lowest BCUT2D eigenvalue weighted by atomic mass is 10.2. The molecule has 2 aromatic rings. The van der Waals surface area contributed by atoms with E-state index in [0.717, 1.165) is 0 Å². The lowest BCUT2D eigenvalue weighted by molar-refractivity contribution is 0.0822. The Labute approximate surface area is 163 Å². The van der Waals surface area contributed by atoms with Crippen LogP contribution in [-0.4, -0.2) is 76.9 Å². The van der Waals surface area contributed by atoms with E-state index < -0.39 is 5.91 Å². The van der Waals surface area contributed by atoms with E-state index in [-0.39, 0.29) is 17.3 Å². The van der Waals surface area contributed by atoms with Crippen molar-refractivity contribution >= 4 is 23.5 Å². The maximum Gasteiger partial charge on any atom is 0.276 e. The molecule has 0 bridgehead atoms. The summed E-state index contributed by atoms with van der Waals surface area (Å²) in [7, 11) is 5.00. The number of anilines is 2. The lowest BCUT2D eigenvalue weighted by Crippen LogP contribution is -2.37. The molecule has 150 valence electrons. The van der Waals surface area contributed by atoms with Crippen LogP contribution in [-0.2, 0) is 11.8 Å². The fourth-order valence-corrected chi connectivity index (χ4v) is 2.87. The number of carbonyl (C=O) groups is 2. The highest BCUT2D eigenvalue weighted by atomic mass is 16.5. The molecule has 1 saturated heterocycles. The molecule has 0 radical (unpaired) electrons. The normalized spacial score (nSPS) is 14.1. The van der Waals surface area contributed by atoms with Gasteiger partial charge in [0.1, 0.15) is 5.69 Å². The van der Waals surface area contributed by atoms with Crippen molar-refractivity contribution in [3.63, 3.8) is 0 Å². The maximum absolute atomic E-state index is 12.9. The number of amides is 2. The van der Waals surface area contributed by atoms with E-state index >= 15 is 0 Å². The van der Waals surface area contributed by atoms with Gasteiger partial charge in [0, 0.05) is 39.9 Å². The van der Waals surface area contributed by atoms with E-state index in [1.807, 2.05) is 11.8 Å². The maximum atomic E-state index is 12.9. The number of rotatable bonds is 4. The topological polar surface area (TPSA) is 105 Å². The minimum atomic E-state index is -0.413. The molecule has 3 rings (SSSR count). The van der Waals surface area contributed by atoms with Gasteiger partial charge in [0.2, 0.25) is 5.95 Å². The van der Waals surface area contributed by atoms with E-state index in [9.17, 15) is 9.59 Å². The van der Waals surface area contributed by atoms with E-state index in [1.54, 1.807) is 38.8 Å². The fraction of sp³-hybridized carbons (Fsp3) is 0.500. The Bertz CT molecular complexity index is 901. The molecule has 0 spiro atoms. The van der Waals surface area contributed by atoms with Crippen LogP contribution in [0.4, 0.5) is 11.6 Å². The standard InChI is InChI=1S/C18H25N7O3/c1-11-10-13(20-18(19-11)25-6-8-28-9-7-25)16(26)21-14-12(2)24(5)22-15(14)17(27)23(3)4/h10H,6-9H2,1-5H3,(H,21,26). The molecule has 10 heteroatoms. The lowest BCUT2D eigenvalue weighted by Gasteiger charge is -2.27. The molecule has 1 N–H and O–H groups in total. The molecule has 0 aliphatic carbocycles. The molecule has 0 atom stereocenters. The highest BCUT2D eigenvalue weighted by Gasteiger charge is 2.24. The Hall–Kier alpha value is -3.01. The van der Waals surface area contributed by atoms with Gasteiger partial charge in [-0.25, -0.2) is 9.97 Å². The van der Waals surface area contributed by atoms with Gasteiger partial charge in [-0.15, -0.1) is 0 Å². The number of nitrogens with one attached hydrogen (secondary N) is 1. The molecular formula is C18H25N7O3. The molecule has 0 unspecified atom stereocenters. The first-order valence-electron chi connectivity index (χ1n) is 9.03. The van der Waals surface area contributed by atoms with Crippen LogP contribution >= 0.6 is 0 Å². The summed E-state index contributed by atoms with van der Waals surface area (Å²) < 4.78 is 6.92. The molecule has 0 aromatic carbocycles. The monoisotopic (exact) mass is 387 g/mol. The van der Waals surface area contributed by atoms with Gasteiger partial charge in [-0.05, 0) is 19.9 Å². The number of morpholine rings is 1. The van der Waals surface area contributed by atoms with Crippen LogP contribution in [0.1, 0.15) is 32.4 Å². The fourth-order valence-electron chi connectivity index (χ4n) is 2.87. The predicted molar refractivity (Wildman–Crippen MR) is 104 cm³/mol. The van der Waals surface area contributed by atoms with E-state index in [4.69, 9.17) is 4.74 Å². The highest BCUT2D eigenvalue weighted by Crippen LogP contribution is 2.22. The van der Waals surface area contributed by atoms with Gasteiger partial charge in [0.05, 0.1) is 24.6 Å². The second-order valence-corrected chi connectivity index (χ2v) is 6.88. The SMILES string of the molecule is Cc1cc(C(=O)Nc2c(C(=O)N(C)C)nn(C)c2C)nc(N2CCOCC2)n1.